The van der Waals surface area contributed by atoms with Gasteiger partial charge in [0.1, 0.15) is 0 Å². The monoisotopic (exact) mass is 233 g/mol. The zero-order valence-corrected chi connectivity index (χ0v) is 11.4. The quantitative estimate of drug-likeness (QED) is 0.418. The molecule has 3 heteroatoms. The van der Waals surface area contributed by atoms with Crippen molar-refractivity contribution in [2.75, 3.05) is 6.16 Å². The zero-order chi connectivity index (χ0) is 11.5. The van der Waals surface area contributed by atoms with Crippen molar-refractivity contribution in [1.29, 1.82) is 5.16 Å². The molecule has 0 aromatic carbocycles. The summed E-state index contributed by atoms with van der Waals surface area (Å²) in [6.45, 7) is 4.41. The van der Waals surface area contributed by atoms with Gasteiger partial charge in [-0.1, -0.05) is 65.2 Å². The van der Waals surface area contributed by atoms with Gasteiger partial charge in [-0.3, -0.25) is 5.16 Å². The highest BCUT2D eigenvalue weighted by Crippen LogP contribution is 2.22. The highest BCUT2D eigenvalue weighted by molar-refractivity contribution is 7.39. The molecule has 0 aromatic rings. The van der Waals surface area contributed by atoms with Crippen LogP contribution < -0.4 is 0 Å². The van der Waals surface area contributed by atoms with Crippen molar-refractivity contribution in [3.8, 4) is 0 Å². The molecule has 0 aliphatic rings. The molecule has 0 aromatic heterocycles. The molecule has 0 fully saturated rings. The summed E-state index contributed by atoms with van der Waals surface area (Å²) < 4.78 is 0. The first-order valence-corrected chi connectivity index (χ1v) is 8.08. The van der Waals surface area contributed by atoms with Crippen molar-refractivity contribution >= 4 is 7.94 Å². The highest BCUT2D eigenvalue weighted by atomic mass is 31.1. The van der Waals surface area contributed by atoms with Crippen molar-refractivity contribution in [1.82, 2.24) is 0 Å². The second-order valence-corrected chi connectivity index (χ2v) is 5.97. The molecule has 92 valence electrons. The van der Waals surface area contributed by atoms with Gasteiger partial charge < -0.3 is 4.89 Å². The number of nitrogens with one attached hydrogen (secondary N) is 1. The molecule has 2 atom stereocenters. The summed E-state index contributed by atoms with van der Waals surface area (Å²) in [7, 11) is -1.74. The largest absolute Gasteiger partial charge is 0.362 e. The molecule has 0 radical (unpaired) electrons. The third-order valence-corrected chi connectivity index (χ3v) is 3.93. The molecular weight excluding hydrogens is 205 g/mol. The Bertz CT molecular complexity index is 162. The van der Waals surface area contributed by atoms with Crippen LogP contribution >= 0.6 is 7.94 Å². The molecule has 0 amide bonds. The van der Waals surface area contributed by atoms with Crippen molar-refractivity contribution in [2.45, 2.75) is 65.2 Å². The van der Waals surface area contributed by atoms with Gasteiger partial charge in [0, 0.05) is 6.16 Å². The number of hydrogen-bond acceptors (Lipinski definition) is 1. The fraction of sp³-hybridized carbons (Fsp3) is 1.00. The summed E-state index contributed by atoms with van der Waals surface area (Å²) in [6, 6.07) is 0. The SMILES string of the molecule is CCCCCCCCCC(C)C[PH](=N)O. The molecule has 2 N–H and O–H groups in total. The van der Waals surface area contributed by atoms with E-state index < -0.39 is 7.94 Å². The van der Waals surface area contributed by atoms with E-state index in [0.717, 1.165) is 6.16 Å². The van der Waals surface area contributed by atoms with Gasteiger partial charge in [0.15, 0.2) is 0 Å². The van der Waals surface area contributed by atoms with Gasteiger partial charge in [0.2, 0.25) is 0 Å². The molecule has 0 rings (SSSR count). The number of rotatable bonds is 10. The Morgan fingerprint density at radius 3 is 2.13 bits per heavy atom. The average Bonchev–Trinajstić information content (AvgIpc) is 2.15. The first-order valence-electron chi connectivity index (χ1n) is 6.43. The van der Waals surface area contributed by atoms with Crippen LogP contribution in [0.1, 0.15) is 65.2 Å². The van der Waals surface area contributed by atoms with Gasteiger partial charge in [0.05, 0.1) is 7.94 Å². The predicted octanol–water partition coefficient (Wildman–Crippen LogP) is 4.65. The third kappa shape index (κ3) is 12.1. The first-order chi connectivity index (χ1) is 7.16. The summed E-state index contributed by atoms with van der Waals surface area (Å²) >= 11 is 0. The zero-order valence-electron chi connectivity index (χ0n) is 10.4. The van der Waals surface area contributed by atoms with Crippen LogP contribution in [0.5, 0.6) is 0 Å². The molecule has 0 aliphatic heterocycles. The van der Waals surface area contributed by atoms with Crippen LogP contribution in [-0.2, 0) is 0 Å². The van der Waals surface area contributed by atoms with Crippen LogP contribution in [0.15, 0.2) is 0 Å². The Hall–Kier alpha value is 0.190. The molecule has 0 heterocycles. The molecule has 0 saturated carbocycles. The van der Waals surface area contributed by atoms with Crippen LogP contribution in [-0.4, -0.2) is 11.1 Å². The van der Waals surface area contributed by atoms with Crippen molar-refractivity contribution in [3.63, 3.8) is 0 Å². The Kier molecular flexibility index (Phi) is 10.8. The topological polar surface area (TPSA) is 44.1 Å². The summed E-state index contributed by atoms with van der Waals surface area (Å²) in [5.74, 6) is 0.553. The van der Waals surface area contributed by atoms with E-state index in [0.29, 0.717) is 5.92 Å². The average molecular weight is 233 g/mol. The fourth-order valence-corrected chi connectivity index (χ4v) is 2.75. The van der Waals surface area contributed by atoms with Crippen LogP contribution in [0.4, 0.5) is 0 Å². The Morgan fingerprint density at radius 2 is 1.60 bits per heavy atom. The first kappa shape index (κ1) is 15.2. The molecule has 2 nitrogen and oxygen atoms in total. The van der Waals surface area contributed by atoms with E-state index in [2.05, 4.69) is 13.8 Å². The Labute approximate surface area is 95.8 Å². The lowest BCUT2D eigenvalue weighted by molar-refractivity contribution is 0.505. The maximum Gasteiger partial charge on any atom is 0.0666 e. The van der Waals surface area contributed by atoms with E-state index in [1.165, 1.54) is 51.4 Å². The summed E-state index contributed by atoms with van der Waals surface area (Å²) in [6.07, 6.45) is 11.4. The Morgan fingerprint density at radius 1 is 1.07 bits per heavy atom. The van der Waals surface area contributed by atoms with Gasteiger partial charge >= 0.3 is 0 Å². The van der Waals surface area contributed by atoms with Crippen molar-refractivity contribution in [3.05, 3.63) is 0 Å². The second-order valence-electron chi connectivity index (χ2n) is 4.67. The van der Waals surface area contributed by atoms with E-state index >= 15 is 0 Å². The standard InChI is InChI=1S/C12H28NOP/c1-3-4-5-6-7-8-9-10-12(2)11-15(13)14/h12,15H,3-11H2,1-2H3,(H2,13,14). The van der Waals surface area contributed by atoms with E-state index in [9.17, 15) is 0 Å². The van der Waals surface area contributed by atoms with Gasteiger partial charge in [-0.2, -0.15) is 0 Å². The smallest absolute Gasteiger partial charge is 0.0666 e. The summed E-state index contributed by atoms with van der Waals surface area (Å²) in [5.41, 5.74) is 0. The maximum absolute atomic E-state index is 8.99. The fourth-order valence-electron chi connectivity index (χ4n) is 1.88. The van der Waals surface area contributed by atoms with E-state index in [1.54, 1.807) is 0 Å². The molecule has 0 spiro atoms. The van der Waals surface area contributed by atoms with Crippen LogP contribution in [0.25, 0.3) is 0 Å². The van der Waals surface area contributed by atoms with E-state index in [1.807, 2.05) is 0 Å². The minimum atomic E-state index is -1.74. The number of hydrogen-bond donors (Lipinski definition) is 2. The van der Waals surface area contributed by atoms with E-state index in [4.69, 9.17) is 10.1 Å². The minimum Gasteiger partial charge on any atom is -0.362 e. The summed E-state index contributed by atoms with van der Waals surface area (Å²) in [5, 5.41) is 7.16. The molecular formula is C12H28NOP. The third-order valence-electron chi connectivity index (χ3n) is 2.84. The maximum atomic E-state index is 8.99. The lowest BCUT2D eigenvalue weighted by atomic mass is 10.0. The summed E-state index contributed by atoms with van der Waals surface area (Å²) in [4.78, 5) is 8.99. The van der Waals surface area contributed by atoms with Crippen molar-refractivity contribution in [2.24, 2.45) is 5.92 Å². The van der Waals surface area contributed by atoms with Crippen LogP contribution in [0, 0.1) is 11.1 Å². The molecule has 0 bridgehead atoms. The molecule has 2 unspecified atom stereocenters. The van der Waals surface area contributed by atoms with E-state index in [-0.39, 0.29) is 0 Å². The molecule has 0 aliphatic carbocycles. The highest BCUT2D eigenvalue weighted by Gasteiger charge is 2.02. The van der Waals surface area contributed by atoms with Crippen LogP contribution in [0.2, 0.25) is 0 Å². The minimum absolute atomic E-state index is 0.553. The van der Waals surface area contributed by atoms with Gasteiger partial charge in [-0.05, 0) is 5.92 Å². The molecule has 0 saturated heterocycles. The predicted molar refractivity (Wildman–Crippen MR) is 69.9 cm³/mol. The van der Waals surface area contributed by atoms with Crippen LogP contribution in [0.3, 0.4) is 0 Å². The van der Waals surface area contributed by atoms with Gasteiger partial charge in [-0.25, -0.2) is 0 Å². The van der Waals surface area contributed by atoms with Gasteiger partial charge in [0.25, 0.3) is 0 Å². The molecule has 15 heavy (non-hydrogen) atoms. The normalized spacial score (nSPS) is 15.1. The van der Waals surface area contributed by atoms with Crippen molar-refractivity contribution < 1.29 is 4.89 Å². The van der Waals surface area contributed by atoms with Gasteiger partial charge in [-0.15, -0.1) is 0 Å². The second kappa shape index (κ2) is 10.7. The lowest BCUT2D eigenvalue weighted by Crippen LogP contribution is -1.97. The number of unbranched alkanes of at least 4 members (excludes halogenated alkanes) is 6. The lowest BCUT2D eigenvalue weighted by Gasteiger charge is -2.09. The Balaban J connectivity index is 3.13.